The molecule has 22 heteroatoms. The molecule has 7 rings (SSSR count). The maximum atomic E-state index is 15.4. The number of oxime groups is 2. The van der Waals surface area contributed by atoms with Gasteiger partial charge in [0, 0.05) is 40.8 Å². The molecule has 0 saturated carbocycles. The molecule has 3 aliphatic rings. The Hall–Kier alpha value is -5.77. The second kappa shape index (κ2) is 16.8. The van der Waals surface area contributed by atoms with E-state index in [1.807, 2.05) is 21.3 Å². The molecule has 0 bridgehead atoms. The number of carbonyl (C=O) groups excluding carboxylic acids is 3. The van der Waals surface area contributed by atoms with E-state index in [0.717, 1.165) is 53.2 Å². The fraction of sp³-hybridized carbons (Fsp3) is 0.351. The Kier molecular flexibility index (Phi) is 11.8. The normalized spacial score (nSPS) is 19.1. The number of halogens is 2. The Labute approximate surface area is 348 Å². The lowest BCUT2D eigenvalue weighted by Gasteiger charge is -2.50. The van der Waals surface area contributed by atoms with Gasteiger partial charge in [-0.15, -0.1) is 11.8 Å². The maximum Gasteiger partial charge on any atom is 0.350 e. The molecule has 0 spiro atoms. The van der Waals surface area contributed by atoms with Crippen molar-refractivity contribution in [2.75, 3.05) is 24.6 Å². The van der Waals surface area contributed by atoms with E-state index in [1.165, 1.54) is 31.7 Å². The Morgan fingerprint density at radius 3 is 2.66 bits per heavy atom. The number of carboxylic acid groups (broad SMARTS) is 2. The molecule has 2 amide bonds. The summed E-state index contributed by atoms with van der Waals surface area (Å²) in [5.41, 5.74) is 11.6. The number of thiazole rings is 1. The number of carbonyl (C=O) groups is 4. The van der Waals surface area contributed by atoms with Crippen LogP contribution >= 0.6 is 34.7 Å². The summed E-state index contributed by atoms with van der Waals surface area (Å²) < 4.78 is 19.0. The summed E-state index contributed by atoms with van der Waals surface area (Å²) in [6.45, 7) is 4.33. The fourth-order valence-corrected chi connectivity index (χ4v) is 8.92. The second-order valence-electron chi connectivity index (χ2n) is 14.3. The molecule has 1 aromatic carbocycles. The van der Waals surface area contributed by atoms with E-state index in [9.17, 15) is 29.4 Å². The molecule has 0 aliphatic carbocycles. The summed E-state index contributed by atoms with van der Waals surface area (Å²) in [4.78, 5) is 67.1. The van der Waals surface area contributed by atoms with E-state index in [-0.39, 0.29) is 51.6 Å². The minimum Gasteiger partial charge on any atom is -0.543 e. The van der Waals surface area contributed by atoms with Crippen LogP contribution in [0.15, 0.2) is 70.4 Å². The van der Waals surface area contributed by atoms with E-state index >= 15 is 4.39 Å². The van der Waals surface area contributed by atoms with Gasteiger partial charge in [-0.25, -0.2) is 14.2 Å². The van der Waals surface area contributed by atoms with Crippen LogP contribution < -0.4 is 31.8 Å². The Morgan fingerprint density at radius 1 is 1.22 bits per heavy atom. The number of aromatic nitrogens is 3. The van der Waals surface area contributed by atoms with Gasteiger partial charge in [0.15, 0.2) is 29.4 Å². The van der Waals surface area contributed by atoms with Crippen molar-refractivity contribution in [1.29, 1.82) is 0 Å². The van der Waals surface area contributed by atoms with Crippen molar-refractivity contribution in [3.63, 3.8) is 0 Å². The number of piperidine rings is 1. The van der Waals surface area contributed by atoms with Crippen molar-refractivity contribution in [1.82, 2.24) is 25.1 Å². The zero-order valence-corrected chi connectivity index (χ0v) is 33.9. The highest BCUT2D eigenvalue weighted by Gasteiger charge is 2.53. The monoisotopic (exact) mass is 868 g/mol. The zero-order chi connectivity index (χ0) is 42.2. The van der Waals surface area contributed by atoms with Gasteiger partial charge in [0.1, 0.15) is 38.9 Å². The number of carboxylic acids is 2. The summed E-state index contributed by atoms with van der Waals surface area (Å²) in [7, 11) is 0. The third-order valence-electron chi connectivity index (χ3n) is 9.90. The Morgan fingerprint density at radius 2 is 1.98 bits per heavy atom. The smallest absolute Gasteiger partial charge is 0.350 e. The van der Waals surface area contributed by atoms with Crippen molar-refractivity contribution in [3.05, 3.63) is 87.0 Å². The van der Waals surface area contributed by atoms with Gasteiger partial charge in [-0.2, -0.15) is 4.57 Å². The lowest BCUT2D eigenvalue weighted by Crippen LogP contribution is -2.71. The average Bonchev–Trinajstić information content (AvgIpc) is 3.78. The molecular formula is C37H38ClFN10O8S2. The van der Waals surface area contributed by atoms with Gasteiger partial charge in [-0.3, -0.25) is 14.5 Å². The van der Waals surface area contributed by atoms with Gasteiger partial charge < -0.3 is 51.4 Å². The molecule has 3 aromatic heterocycles. The SMILES string of the molecule is CC(C)(O/N=C(\C(=O)N[C@@H]1C(=O)N2C(C(=O)[O-])=C(C[n+]3cccc4c3ccn4Cc3ccc(/C(N)=N/OC4CCNCC4)cc3F)CS[C@H]12)c1nc(N)sc1Cl)C(=O)O. The molecule has 2 saturated heterocycles. The van der Waals surface area contributed by atoms with Crippen LogP contribution in [0.2, 0.25) is 4.34 Å². The van der Waals surface area contributed by atoms with E-state index in [0.29, 0.717) is 16.7 Å². The number of nitrogens with two attached hydrogens (primary N) is 2. The number of hydrogen-bond donors (Lipinski definition) is 5. The number of β-lactam (4-membered cyclic amide) rings is 1. The molecule has 310 valence electrons. The van der Waals surface area contributed by atoms with Gasteiger partial charge in [0.25, 0.3) is 11.8 Å². The lowest BCUT2D eigenvalue weighted by molar-refractivity contribution is -0.663. The summed E-state index contributed by atoms with van der Waals surface area (Å²) >= 11 is 8.29. The van der Waals surface area contributed by atoms with Crippen molar-refractivity contribution >= 4 is 86.2 Å². The maximum absolute atomic E-state index is 15.4. The van der Waals surface area contributed by atoms with Crippen LogP contribution in [-0.4, -0.2) is 96.8 Å². The molecule has 0 radical (unpaired) electrons. The average molecular weight is 869 g/mol. The number of pyridine rings is 1. The number of anilines is 1. The summed E-state index contributed by atoms with van der Waals surface area (Å²) in [5.74, 6) is -4.90. The van der Waals surface area contributed by atoms with E-state index in [2.05, 4.69) is 25.9 Å². The van der Waals surface area contributed by atoms with Crippen LogP contribution in [-0.2, 0) is 41.9 Å². The standard InChI is InChI=1S/C37H38ClFN10O8S2/c1-37(2,35(54)55)57-45-26(25-29(38)59-36(41)44-25)31(50)43-27-32(51)49-28(34(52)53)20(17-58-33(27)49)16-47-12-3-4-23-24(47)9-13-48(23)15-19-6-5-18(14-22(19)39)30(40)46-56-21-7-10-42-11-8-21/h3-6,9,12-14,21,27,33,42H,7-8,10-11,15-17H2,1-2H3,(H6-,40,41,43,44,46,50,52,53,54,55)/b45-26-/t27-,33-/m1/s1. The van der Waals surface area contributed by atoms with Gasteiger partial charge >= 0.3 is 5.97 Å². The molecule has 7 N–H and O–H groups in total. The minimum absolute atomic E-state index is 0.0106. The molecule has 59 heavy (non-hydrogen) atoms. The summed E-state index contributed by atoms with van der Waals surface area (Å²) in [6, 6.07) is 8.89. The lowest BCUT2D eigenvalue weighted by atomic mass is 10.0. The fourth-order valence-electron chi connectivity index (χ4n) is 6.66. The first kappa shape index (κ1) is 41.4. The number of aliphatic carboxylic acids is 2. The number of amides is 2. The first-order valence-electron chi connectivity index (χ1n) is 18.2. The highest BCUT2D eigenvalue weighted by molar-refractivity contribution is 8.00. The quantitative estimate of drug-likeness (QED) is 0.0389. The minimum atomic E-state index is -1.85. The summed E-state index contributed by atoms with van der Waals surface area (Å²) in [5, 5.41) is 34.8. The number of benzene rings is 1. The number of thioether (sulfide) groups is 1. The molecule has 3 aliphatic heterocycles. The highest BCUT2D eigenvalue weighted by atomic mass is 35.5. The Balaban J connectivity index is 1.07. The van der Waals surface area contributed by atoms with Crippen molar-refractivity contribution in [2.24, 2.45) is 16.0 Å². The van der Waals surface area contributed by atoms with Crippen LogP contribution in [0.3, 0.4) is 0 Å². The predicted molar refractivity (Wildman–Crippen MR) is 213 cm³/mol. The van der Waals surface area contributed by atoms with Crippen LogP contribution in [0.4, 0.5) is 9.52 Å². The Bertz CT molecular complexity index is 2450. The van der Waals surface area contributed by atoms with Gasteiger partial charge in [0.05, 0.1) is 18.2 Å². The largest absolute Gasteiger partial charge is 0.543 e. The van der Waals surface area contributed by atoms with E-state index in [1.54, 1.807) is 30.6 Å². The number of rotatable bonds is 14. The molecule has 2 atom stereocenters. The third kappa shape index (κ3) is 8.54. The molecule has 4 aromatic rings. The predicted octanol–water partition coefficient (Wildman–Crippen LogP) is 0.885. The number of nitrogens with zero attached hydrogens (tertiary/aromatic N) is 6. The van der Waals surface area contributed by atoms with Crippen molar-refractivity contribution < 1.29 is 48.0 Å². The van der Waals surface area contributed by atoms with Crippen LogP contribution in [0.25, 0.3) is 11.0 Å². The van der Waals surface area contributed by atoms with Crippen LogP contribution in [0.1, 0.15) is 43.5 Å². The third-order valence-corrected chi connectivity index (χ3v) is 12.3. The van der Waals surface area contributed by atoms with E-state index < -0.39 is 52.3 Å². The molecule has 2 fully saturated rings. The van der Waals surface area contributed by atoms with Crippen molar-refractivity contribution in [3.8, 4) is 0 Å². The molecule has 6 heterocycles. The van der Waals surface area contributed by atoms with Gasteiger partial charge in [0.2, 0.25) is 11.1 Å². The van der Waals surface area contributed by atoms with Crippen LogP contribution in [0, 0.1) is 5.82 Å². The number of fused-ring (bicyclic) bond motifs is 2. The second-order valence-corrected chi connectivity index (χ2v) is 17.0. The zero-order valence-electron chi connectivity index (χ0n) is 31.5. The molecular weight excluding hydrogens is 831 g/mol. The highest BCUT2D eigenvalue weighted by Crippen LogP contribution is 2.40. The summed E-state index contributed by atoms with van der Waals surface area (Å²) in [6.07, 6.45) is 5.12. The first-order valence-corrected chi connectivity index (χ1v) is 20.4. The van der Waals surface area contributed by atoms with Gasteiger partial charge in [-0.05, 0) is 51.9 Å². The first-order chi connectivity index (χ1) is 28.1. The van der Waals surface area contributed by atoms with E-state index in [4.69, 9.17) is 32.7 Å². The van der Waals surface area contributed by atoms with Gasteiger partial charge in [-0.1, -0.05) is 45.4 Å². The van der Waals surface area contributed by atoms with Crippen LogP contribution in [0.5, 0.6) is 0 Å². The number of nitrogen functional groups attached to an aromatic ring is 1. The number of nitrogens with one attached hydrogen (secondary N) is 2. The topological polar surface area (TPSA) is 256 Å². The molecule has 18 nitrogen and oxygen atoms in total. The molecule has 0 unspecified atom stereocenters. The number of hydrogen-bond acceptors (Lipinski definition) is 14. The number of amidine groups is 1. The van der Waals surface area contributed by atoms with Crippen molar-refractivity contribution in [2.45, 2.75) is 62.9 Å².